The standard InChI is InChI=1S/C17H18Cl2N4O2/c18-12-4-1-6-14(10-12)22-16(24)20-8-3-9-21-17(25)23-15-7-2-5-13(19)11-15/h1-2,4-7,10-11H,3,8-9H2,(H2,20,22,24)(H2,21,23,25). The number of nitrogens with one attached hydrogen (secondary N) is 4. The Morgan fingerprint density at radius 2 is 1.20 bits per heavy atom. The highest BCUT2D eigenvalue weighted by Gasteiger charge is 2.03. The molecule has 4 N–H and O–H groups in total. The van der Waals surface area contributed by atoms with Crippen LogP contribution in [-0.4, -0.2) is 25.2 Å². The van der Waals surface area contributed by atoms with Crippen molar-refractivity contribution in [3.05, 3.63) is 58.6 Å². The maximum atomic E-state index is 11.7. The SMILES string of the molecule is O=C(NCCCNC(=O)Nc1cccc(Cl)c1)Nc1cccc(Cl)c1. The second-order valence-electron chi connectivity index (χ2n) is 5.14. The molecule has 0 fully saturated rings. The lowest BCUT2D eigenvalue weighted by Gasteiger charge is -2.09. The van der Waals surface area contributed by atoms with Gasteiger partial charge in [0.1, 0.15) is 0 Å². The quantitative estimate of drug-likeness (QED) is 0.562. The normalized spacial score (nSPS) is 10.0. The first-order valence-electron chi connectivity index (χ1n) is 7.64. The zero-order valence-electron chi connectivity index (χ0n) is 13.3. The molecule has 0 saturated carbocycles. The molecule has 0 atom stereocenters. The maximum absolute atomic E-state index is 11.7. The third-order valence-electron chi connectivity index (χ3n) is 3.09. The van der Waals surface area contributed by atoms with Gasteiger partial charge >= 0.3 is 12.1 Å². The number of hydrogen-bond acceptors (Lipinski definition) is 2. The zero-order valence-corrected chi connectivity index (χ0v) is 14.8. The summed E-state index contributed by atoms with van der Waals surface area (Å²) in [5.74, 6) is 0. The van der Waals surface area contributed by atoms with Crippen LogP contribution in [0, 0.1) is 0 Å². The van der Waals surface area contributed by atoms with Gasteiger partial charge in [0.15, 0.2) is 0 Å². The molecule has 0 bridgehead atoms. The molecule has 4 amide bonds. The molecule has 25 heavy (non-hydrogen) atoms. The highest BCUT2D eigenvalue weighted by molar-refractivity contribution is 6.31. The Bertz CT molecular complexity index is 679. The van der Waals surface area contributed by atoms with Gasteiger partial charge in [-0.05, 0) is 42.8 Å². The average molecular weight is 381 g/mol. The second-order valence-corrected chi connectivity index (χ2v) is 6.01. The Morgan fingerprint density at radius 3 is 1.60 bits per heavy atom. The molecule has 6 nitrogen and oxygen atoms in total. The van der Waals surface area contributed by atoms with Crippen LogP contribution in [-0.2, 0) is 0 Å². The van der Waals surface area contributed by atoms with Gasteiger partial charge in [-0.3, -0.25) is 0 Å². The van der Waals surface area contributed by atoms with Crippen molar-refractivity contribution in [3.8, 4) is 0 Å². The number of halogens is 2. The highest BCUT2D eigenvalue weighted by atomic mass is 35.5. The Morgan fingerprint density at radius 1 is 0.760 bits per heavy atom. The molecule has 0 spiro atoms. The number of urea groups is 2. The van der Waals surface area contributed by atoms with Crippen LogP contribution in [0.3, 0.4) is 0 Å². The van der Waals surface area contributed by atoms with Crippen LogP contribution in [0.15, 0.2) is 48.5 Å². The van der Waals surface area contributed by atoms with E-state index in [0.29, 0.717) is 40.9 Å². The first-order chi connectivity index (χ1) is 12.0. The molecule has 132 valence electrons. The van der Waals surface area contributed by atoms with Gasteiger partial charge in [-0.1, -0.05) is 35.3 Å². The van der Waals surface area contributed by atoms with Gasteiger partial charge in [0, 0.05) is 34.5 Å². The maximum Gasteiger partial charge on any atom is 0.319 e. The molecule has 8 heteroatoms. The van der Waals surface area contributed by atoms with Gasteiger partial charge in [0.25, 0.3) is 0 Å². The van der Waals surface area contributed by atoms with Gasteiger partial charge < -0.3 is 21.3 Å². The Balaban J connectivity index is 1.59. The van der Waals surface area contributed by atoms with Crippen LogP contribution < -0.4 is 21.3 Å². The number of anilines is 2. The third-order valence-corrected chi connectivity index (χ3v) is 3.56. The monoisotopic (exact) mass is 380 g/mol. The first-order valence-corrected chi connectivity index (χ1v) is 8.39. The molecule has 0 heterocycles. The van der Waals surface area contributed by atoms with Crippen molar-refractivity contribution in [2.75, 3.05) is 23.7 Å². The molecule has 0 unspecified atom stereocenters. The van der Waals surface area contributed by atoms with Crippen molar-refractivity contribution in [2.24, 2.45) is 0 Å². The fraction of sp³-hybridized carbons (Fsp3) is 0.176. The van der Waals surface area contributed by atoms with Crippen LogP contribution >= 0.6 is 23.2 Å². The number of carbonyl (C=O) groups excluding carboxylic acids is 2. The third kappa shape index (κ3) is 7.32. The summed E-state index contributed by atoms with van der Waals surface area (Å²) in [5, 5.41) is 11.8. The van der Waals surface area contributed by atoms with Crippen molar-refractivity contribution in [2.45, 2.75) is 6.42 Å². The summed E-state index contributed by atoms with van der Waals surface area (Å²) in [6.45, 7) is 0.841. The number of rotatable bonds is 6. The summed E-state index contributed by atoms with van der Waals surface area (Å²) in [4.78, 5) is 23.4. The number of hydrogen-bond donors (Lipinski definition) is 4. The smallest absolute Gasteiger partial charge is 0.319 e. The molecular weight excluding hydrogens is 363 g/mol. The minimum absolute atomic E-state index is 0.328. The van der Waals surface area contributed by atoms with Crippen molar-refractivity contribution in [3.63, 3.8) is 0 Å². The molecule has 2 aromatic carbocycles. The number of amides is 4. The first kappa shape index (κ1) is 18.9. The minimum atomic E-state index is -0.328. The lowest BCUT2D eigenvalue weighted by Crippen LogP contribution is -2.34. The van der Waals surface area contributed by atoms with E-state index in [1.54, 1.807) is 48.5 Å². The van der Waals surface area contributed by atoms with E-state index in [9.17, 15) is 9.59 Å². The van der Waals surface area contributed by atoms with E-state index in [0.717, 1.165) is 0 Å². The van der Waals surface area contributed by atoms with Gasteiger partial charge in [-0.25, -0.2) is 9.59 Å². The molecule has 2 aromatic rings. The zero-order chi connectivity index (χ0) is 18.1. The Kier molecular flexibility index (Phi) is 7.37. The largest absolute Gasteiger partial charge is 0.338 e. The van der Waals surface area contributed by atoms with Crippen LogP contribution in [0.25, 0.3) is 0 Å². The van der Waals surface area contributed by atoms with Gasteiger partial charge in [-0.2, -0.15) is 0 Å². The minimum Gasteiger partial charge on any atom is -0.338 e. The summed E-state index contributed by atoms with van der Waals surface area (Å²) < 4.78 is 0. The van der Waals surface area contributed by atoms with E-state index >= 15 is 0 Å². The van der Waals surface area contributed by atoms with Crippen molar-refractivity contribution in [1.82, 2.24) is 10.6 Å². The molecule has 0 aromatic heterocycles. The molecule has 0 aliphatic rings. The van der Waals surface area contributed by atoms with Crippen LogP contribution in [0.4, 0.5) is 21.0 Å². The van der Waals surface area contributed by atoms with Gasteiger partial charge in [-0.15, -0.1) is 0 Å². The van der Waals surface area contributed by atoms with Crippen molar-refractivity contribution >= 4 is 46.6 Å². The van der Waals surface area contributed by atoms with Crippen molar-refractivity contribution < 1.29 is 9.59 Å². The summed E-state index contributed by atoms with van der Waals surface area (Å²) in [7, 11) is 0. The van der Waals surface area contributed by atoms with E-state index in [1.165, 1.54) is 0 Å². The fourth-order valence-corrected chi connectivity index (χ4v) is 2.36. The van der Waals surface area contributed by atoms with E-state index in [1.807, 2.05) is 0 Å². The molecule has 0 aliphatic heterocycles. The fourth-order valence-electron chi connectivity index (χ4n) is 1.98. The molecule has 0 radical (unpaired) electrons. The van der Waals surface area contributed by atoms with Gasteiger partial charge in [0.05, 0.1) is 0 Å². The summed E-state index contributed by atoms with van der Waals surface area (Å²) in [6, 6.07) is 13.1. The number of carbonyl (C=O) groups is 2. The van der Waals surface area contributed by atoms with Crippen LogP contribution in [0.1, 0.15) is 6.42 Å². The topological polar surface area (TPSA) is 82.3 Å². The lowest BCUT2D eigenvalue weighted by molar-refractivity contribution is 0.251. The van der Waals surface area contributed by atoms with E-state index in [-0.39, 0.29) is 12.1 Å². The van der Waals surface area contributed by atoms with E-state index < -0.39 is 0 Å². The number of benzene rings is 2. The van der Waals surface area contributed by atoms with E-state index in [2.05, 4.69) is 21.3 Å². The van der Waals surface area contributed by atoms with E-state index in [4.69, 9.17) is 23.2 Å². The van der Waals surface area contributed by atoms with Crippen molar-refractivity contribution in [1.29, 1.82) is 0 Å². The molecular formula is C17H18Cl2N4O2. The molecule has 2 rings (SSSR count). The Hall–Kier alpha value is -2.44. The average Bonchev–Trinajstić information content (AvgIpc) is 2.54. The molecule has 0 saturated heterocycles. The summed E-state index contributed by atoms with van der Waals surface area (Å²) in [6.07, 6.45) is 0.589. The van der Waals surface area contributed by atoms with Crippen LogP contribution in [0.5, 0.6) is 0 Å². The Labute approximate surface area is 155 Å². The highest BCUT2D eigenvalue weighted by Crippen LogP contribution is 2.15. The molecule has 0 aliphatic carbocycles. The lowest BCUT2D eigenvalue weighted by atomic mass is 10.3. The van der Waals surface area contributed by atoms with Crippen LogP contribution in [0.2, 0.25) is 10.0 Å². The second kappa shape index (κ2) is 9.76. The summed E-state index contributed by atoms with van der Waals surface area (Å²) in [5.41, 5.74) is 1.23. The summed E-state index contributed by atoms with van der Waals surface area (Å²) >= 11 is 11.7. The van der Waals surface area contributed by atoms with Gasteiger partial charge in [0.2, 0.25) is 0 Å². The predicted octanol–water partition coefficient (Wildman–Crippen LogP) is 4.33. The predicted molar refractivity (Wildman–Crippen MR) is 102 cm³/mol.